The van der Waals surface area contributed by atoms with E-state index in [1.165, 1.54) is 28.9 Å². The van der Waals surface area contributed by atoms with E-state index in [2.05, 4.69) is 54.6 Å². The minimum absolute atomic E-state index is 0.722. The van der Waals surface area contributed by atoms with Crippen LogP contribution in [0.1, 0.15) is 11.1 Å². The standard InChI is InChI=1S/C15H14S/c1-2-8-14(9-3-1)16-15-10-12-6-4-5-7-13(12)11-15/h1-9,15H,10-11H2. The summed E-state index contributed by atoms with van der Waals surface area (Å²) in [5, 5.41) is 0.722. The quantitative estimate of drug-likeness (QED) is 0.747. The highest BCUT2D eigenvalue weighted by molar-refractivity contribution is 8.00. The molecule has 0 amide bonds. The molecule has 0 radical (unpaired) electrons. The molecule has 0 atom stereocenters. The lowest BCUT2D eigenvalue weighted by Crippen LogP contribution is -2.00. The molecule has 0 aromatic heterocycles. The molecule has 0 saturated carbocycles. The van der Waals surface area contributed by atoms with E-state index in [0.29, 0.717) is 0 Å². The van der Waals surface area contributed by atoms with Gasteiger partial charge >= 0.3 is 0 Å². The van der Waals surface area contributed by atoms with E-state index in [1.807, 2.05) is 11.8 Å². The third-order valence-electron chi connectivity index (χ3n) is 3.06. The molecule has 0 nitrogen and oxygen atoms in total. The van der Waals surface area contributed by atoms with Crippen molar-refractivity contribution in [1.82, 2.24) is 0 Å². The fraction of sp³-hybridized carbons (Fsp3) is 0.200. The van der Waals surface area contributed by atoms with Crippen molar-refractivity contribution >= 4 is 11.8 Å². The summed E-state index contributed by atoms with van der Waals surface area (Å²) in [5.74, 6) is 0. The number of benzene rings is 2. The molecule has 1 heteroatoms. The van der Waals surface area contributed by atoms with Gasteiger partial charge in [-0.2, -0.15) is 0 Å². The highest BCUT2D eigenvalue weighted by Gasteiger charge is 2.21. The van der Waals surface area contributed by atoms with Gasteiger partial charge in [0.2, 0.25) is 0 Å². The predicted molar refractivity (Wildman–Crippen MR) is 69.9 cm³/mol. The van der Waals surface area contributed by atoms with Crippen LogP contribution >= 0.6 is 11.8 Å². The minimum atomic E-state index is 0.722. The van der Waals surface area contributed by atoms with Gasteiger partial charge in [0.05, 0.1) is 0 Å². The maximum atomic E-state index is 2.26. The molecule has 0 bridgehead atoms. The zero-order chi connectivity index (χ0) is 10.8. The van der Waals surface area contributed by atoms with E-state index in [-0.39, 0.29) is 0 Å². The van der Waals surface area contributed by atoms with E-state index in [4.69, 9.17) is 0 Å². The number of thioether (sulfide) groups is 1. The van der Waals surface area contributed by atoms with E-state index in [1.54, 1.807) is 0 Å². The van der Waals surface area contributed by atoms with Gasteiger partial charge < -0.3 is 0 Å². The molecule has 0 heterocycles. The molecule has 16 heavy (non-hydrogen) atoms. The van der Waals surface area contributed by atoms with Gasteiger partial charge in [-0.1, -0.05) is 42.5 Å². The van der Waals surface area contributed by atoms with Crippen molar-refractivity contribution in [2.24, 2.45) is 0 Å². The Morgan fingerprint density at radius 3 is 1.94 bits per heavy atom. The van der Waals surface area contributed by atoms with E-state index < -0.39 is 0 Å². The van der Waals surface area contributed by atoms with Gasteiger partial charge in [-0.05, 0) is 36.1 Å². The number of fused-ring (bicyclic) bond motifs is 1. The Bertz CT molecular complexity index is 451. The highest BCUT2D eigenvalue weighted by Crippen LogP contribution is 2.34. The van der Waals surface area contributed by atoms with Crippen LogP contribution in [0.15, 0.2) is 59.5 Å². The monoisotopic (exact) mass is 226 g/mol. The van der Waals surface area contributed by atoms with Crippen molar-refractivity contribution in [2.75, 3.05) is 0 Å². The number of rotatable bonds is 2. The second kappa shape index (κ2) is 4.34. The van der Waals surface area contributed by atoms with Gasteiger partial charge in [-0.3, -0.25) is 0 Å². The molecular formula is C15H14S. The first-order valence-electron chi connectivity index (χ1n) is 5.70. The molecule has 80 valence electrons. The maximum Gasteiger partial charge on any atom is 0.0175 e. The van der Waals surface area contributed by atoms with Crippen molar-refractivity contribution in [3.63, 3.8) is 0 Å². The summed E-state index contributed by atoms with van der Waals surface area (Å²) in [4.78, 5) is 1.39. The van der Waals surface area contributed by atoms with E-state index in [9.17, 15) is 0 Å². The first-order chi connectivity index (χ1) is 7.92. The van der Waals surface area contributed by atoms with Crippen LogP contribution < -0.4 is 0 Å². The highest BCUT2D eigenvalue weighted by atomic mass is 32.2. The Kier molecular flexibility index (Phi) is 2.71. The molecule has 2 aromatic carbocycles. The van der Waals surface area contributed by atoms with Crippen molar-refractivity contribution in [1.29, 1.82) is 0 Å². The summed E-state index contributed by atoms with van der Waals surface area (Å²) in [7, 11) is 0. The van der Waals surface area contributed by atoms with Crippen LogP contribution in [0.2, 0.25) is 0 Å². The molecule has 0 spiro atoms. The summed E-state index contributed by atoms with van der Waals surface area (Å²) in [6.45, 7) is 0. The zero-order valence-corrected chi connectivity index (χ0v) is 9.91. The molecule has 3 rings (SSSR count). The van der Waals surface area contributed by atoms with Gasteiger partial charge in [0.1, 0.15) is 0 Å². The molecule has 1 aliphatic rings. The maximum absolute atomic E-state index is 2.26. The molecule has 0 aliphatic heterocycles. The lowest BCUT2D eigenvalue weighted by molar-refractivity contribution is 0.934. The Balaban J connectivity index is 1.73. The van der Waals surface area contributed by atoms with E-state index in [0.717, 1.165) is 5.25 Å². The summed E-state index contributed by atoms with van der Waals surface area (Å²) in [6.07, 6.45) is 2.44. The molecule has 0 N–H and O–H groups in total. The first-order valence-corrected chi connectivity index (χ1v) is 6.58. The summed E-state index contributed by atoms with van der Waals surface area (Å²) >= 11 is 2.01. The van der Waals surface area contributed by atoms with Crippen LogP contribution in [0.3, 0.4) is 0 Å². The Hall–Kier alpha value is -1.21. The van der Waals surface area contributed by atoms with Gasteiger partial charge in [-0.25, -0.2) is 0 Å². The van der Waals surface area contributed by atoms with Gasteiger partial charge in [0.25, 0.3) is 0 Å². The van der Waals surface area contributed by atoms with Crippen LogP contribution in [0.5, 0.6) is 0 Å². The average Bonchev–Trinajstić information content (AvgIpc) is 2.72. The molecule has 2 aromatic rings. The fourth-order valence-corrected chi connectivity index (χ4v) is 3.52. The van der Waals surface area contributed by atoms with Crippen molar-refractivity contribution < 1.29 is 0 Å². The summed E-state index contributed by atoms with van der Waals surface area (Å²) in [5.41, 5.74) is 3.08. The van der Waals surface area contributed by atoms with E-state index >= 15 is 0 Å². The predicted octanol–water partition coefficient (Wildman–Crippen LogP) is 3.95. The smallest absolute Gasteiger partial charge is 0.0175 e. The molecule has 1 aliphatic carbocycles. The van der Waals surface area contributed by atoms with Crippen molar-refractivity contribution in [3.05, 3.63) is 65.7 Å². The van der Waals surface area contributed by atoms with Crippen molar-refractivity contribution in [2.45, 2.75) is 23.0 Å². The van der Waals surface area contributed by atoms with Crippen LogP contribution in [0.25, 0.3) is 0 Å². The largest absolute Gasteiger partial charge is 0.122 e. The molecule has 0 unspecified atom stereocenters. The Morgan fingerprint density at radius 1 is 0.750 bits per heavy atom. The second-order valence-electron chi connectivity index (χ2n) is 4.23. The fourth-order valence-electron chi connectivity index (χ4n) is 2.29. The van der Waals surface area contributed by atoms with Crippen LogP contribution in [0.4, 0.5) is 0 Å². The van der Waals surface area contributed by atoms with Crippen LogP contribution in [-0.2, 0) is 12.8 Å². The minimum Gasteiger partial charge on any atom is -0.122 e. The molecule has 0 fully saturated rings. The normalized spacial score (nSPS) is 15.0. The zero-order valence-electron chi connectivity index (χ0n) is 9.10. The number of hydrogen-bond acceptors (Lipinski definition) is 1. The Labute approximate surface area is 101 Å². The van der Waals surface area contributed by atoms with Crippen LogP contribution in [-0.4, -0.2) is 5.25 Å². The van der Waals surface area contributed by atoms with Gasteiger partial charge in [0.15, 0.2) is 0 Å². The Morgan fingerprint density at radius 2 is 1.31 bits per heavy atom. The molecular weight excluding hydrogens is 212 g/mol. The van der Waals surface area contributed by atoms with Gasteiger partial charge in [-0.15, -0.1) is 11.8 Å². The topological polar surface area (TPSA) is 0 Å². The summed E-state index contributed by atoms with van der Waals surface area (Å²) < 4.78 is 0. The van der Waals surface area contributed by atoms with Crippen LogP contribution in [0, 0.1) is 0 Å². The second-order valence-corrected chi connectivity index (χ2v) is 5.60. The number of hydrogen-bond donors (Lipinski definition) is 0. The lowest BCUT2D eigenvalue weighted by Gasteiger charge is -2.07. The third-order valence-corrected chi connectivity index (χ3v) is 4.27. The van der Waals surface area contributed by atoms with Gasteiger partial charge in [0, 0.05) is 10.1 Å². The third kappa shape index (κ3) is 2.00. The van der Waals surface area contributed by atoms with Crippen molar-refractivity contribution in [3.8, 4) is 0 Å². The summed E-state index contributed by atoms with van der Waals surface area (Å²) in [6, 6.07) is 19.5. The SMILES string of the molecule is c1ccc(SC2Cc3ccccc3C2)cc1. The average molecular weight is 226 g/mol. The molecule has 0 saturated heterocycles. The lowest BCUT2D eigenvalue weighted by atomic mass is 10.1. The first kappa shape index (κ1) is 9.98.